The number of nitrogens with zero attached hydrogens (tertiary/aromatic N) is 2. The quantitative estimate of drug-likeness (QED) is 0.788. The second kappa shape index (κ2) is 7.07. The smallest absolute Gasteiger partial charge is 0.411 e. The van der Waals surface area contributed by atoms with Gasteiger partial charge in [-0.05, 0) is 33.3 Å². The van der Waals surface area contributed by atoms with Crippen LogP contribution in [0.25, 0.3) is 0 Å². The number of aryl methyl sites for hydroxylation is 1. The number of hydrogen-bond donors (Lipinski definition) is 0. The van der Waals surface area contributed by atoms with Crippen molar-refractivity contribution in [2.75, 3.05) is 13.7 Å². The number of pyridine rings is 1. The van der Waals surface area contributed by atoms with Crippen LogP contribution in [-0.4, -0.2) is 53.3 Å². The summed E-state index contributed by atoms with van der Waals surface area (Å²) in [5.74, 6) is -0.0240. The Morgan fingerprint density at radius 1 is 1.29 bits per heavy atom. The molecule has 1 fully saturated rings. The van der Waals surface area contributed by atoms with E-state index in [1.165, 1.54) is 12.0 Å². The number of likely N-dealkylation sites (tertiary alicyclic amines) is 1. The minimum atomic E-state index is -0.722. The average molecular weight is 336 g/mol. The molecule has 0 radical (unpaired) electrons. The lowest BCUT2D eigenvalue weighted by molar-refractivity contribution is -0.145. The summed E-state index contributed by atoms with van der Waals surface area (Å²) in [4.78, 5) is 29.9. The van der Waals surface area contributed by atoms with E-state index in [2.05, 4.69) is 4.98 Å². The normalized spacial score (nSPS) is 20.6. The van der Waals surface area contributed by atoms with Crippen molar-refractivity contribution in [3.8, 4) is 5.88 Å². The fourth-order valence-corrected chi connectivity index (χ4v) is 2.46. The van der Waals surface area contributed by atoms with Crippen LogP contribution in [0.1, 0.15) is 32.8 Å². The van der Waals surface area contributed by atoms with Crippen molar-refractivity contribution in [1.82, 2.24) is 9.88 Å². The summed E-state index contributed by atoms with van der Waals surface area (Å²) in [5, 5.41) is 0. The third-order valence-corrected chi connectivity index (χ3v) is 3.54. The lowest BCUT2D eigenvalue weighted by atomic mass is 10.2. The molecule has 0 aromatic carbocycles. The zero-order valence-electron chi connectivity index (χ0n) is 14.7. The fraction of sp³-hybridized carbons (Fsp3) is 0.588. The van der Waals surface area contributed by atoms with E-state index in [1.54, 1.807) is 33.0 Å². The first-order valence-corrected chi connectivity index (χ1v) is 7.86. The molecule has 1 saturated heterocycles. The zero-order chi connectivity index (χ0) is 17.9. The molecule has 1 aliphatic heterocycles. The summed E-state index contributed by atoms with van der Waals surface area (Å²) in [6, 6.07) is 2.93. The molecule has 24 heavy (non-hydrogen) atoms. The molecule has 1 aromatic heterocycles. The summed E-state index contributed by atoms with van der Waals surface area (Å²) in [5.41, 5.74) is 0.381. The maximum absolute atomic E-state index is 12.4. The standard InChI is InChI=1S/C17H24N2O5/c1-11-6-7-14(18-9-11)23-12-8-13(15(20)22-5)19(10-12)16(21)24-17(2,3)4/h6-7,9,12-13H,8,10H2,1-5H3/t12-,13-/m0/s1. The first-order valence-electron chi connectivity index (χ1n) is 7.86. The van der Waals surface area contributed by atoms with Crippen molar-refractivity contribution in [1.29, 1.82) is 0 Å². The molecule has 2 atom stereocenters. The maximum Gasteiger partial charge on any atom is 0.411 e. The van der Waals surface area contributed by atoms with E-state index in [-0.39, 0.29) is 12.6 Å². The Kier molecular flexibility index (Phi) is 5.31. The molecule has 1 aromatic rings. The highest BCUT2D eigenvalue weighted by molar-refractivity contribution is 5.82. The van der Waals surface area contributed by atoms with E-state index in [0.717, 1.165) is 5.56 Å². The van der Waals surface area contributed by atoms with Crippen molar-refractivity contribution in [2.45, 2.75) is 51.9 Å². The number of amides is 1. The molecule has 1 amide bonds. The zero-order valence-corrected chi connectivity index (χ0v) is 14.7. The molecular formula is C17H24N2O5. The van der Waals surface area contributed by atoms with Gasteiger partial charge in [-0.15, -0.1) is 0 Å². The predicted octanol–water partition coefficient (Wildman–Crippen LogP) is 2.32. The minimum Gasteiger partial charge on any atom is -0.472 e. The van der Waals surface area contributed by atoms with Gasteiger partial charge in [0.1, 0.15) is 17.7 Å². The first kappa shape index (κ1) is 18.0. The van der Waals surface area contributed by atoms with Crippen LogP contribution in [0.4, 0.5) is 4.79 Å². The highest BCUT2D eigenvalue weighted by Crippen LogP contribution is 2.25. The van der Waals surface area contributed by atoms with Gasteiger partial charge >= 0.3 is 12.1 Å². The van der Waals surface area contributed by atoms with Crippen molar-refractivity contribution >= 4 is 12.1 Å². The van der Waals surface area contributed by atoms with E-state index >= 15 is 0 Å². The monoisotopic (exact) mass is 336 g/mol. The summed E-state index contributed by atoms with van der Waals surface area (Å²) in [6.07, 6.45) is 1.13. The largest absolute Gasteiger partial charge is 0.472 e. The van der Waals surface area contributed by atoms with E-state index in [9.17, 15) is 9.59 Å². The molecule has 0 spiro atoms. The van der Waals surface area contributed by atoms with Gasteiger partial charge in [0.2, 0.25) is 5.88 Å². The molecule has 0 bridgehead atoms. The lowest BCUT2D eigenvalue weighted by Crippen LogP contribution is -2.44. The SMILES string of the molecule is COC(=O)[C@@H]1C[C@H](Oc2ccc(C)cn2)CN1C(=O)OC(C)(C)C. The van der Waals surface area contributed by atoms with Gasteiger partial charge < -0.3 is 14.2 Å². The van der Waals surface area contributed by atoms with E-state index in [1.807, 2.05) is 13.0 Å². The van der Waals surface area contributed by atoms with Crippen LogP contribution in [-0.2, 0) is 14.3 Å². The van der Waals surface area contributed by atoms with Crippen LogP contribution < -0.4 is 4.74 Å². The van der Waals surface area contributed by atoms with Gasteiger partial charge in [-0.3, -0.25) is 4.90 Å². The number of carbonyl (C=O) groups excluding carboxylic acids is 2. The van der Waals surface area contributed by atoms with Gasteiger partial charge in [-0.2, -0.15) is 0 Å². The molecule has 0 N–H and O–H groups in total. The summed E-state index contributed by atoms with van der Waals surface area (Å²) >= 11 is 0. The molecule has 0 saturated carbocycles. The molecule has 7 nitrogen and oxygen atoms in total. The fourth-order valence-electron chi connectivity index (χ4n) is 2.46. The third kappa shape index (κ3) is 4.59. The lowest BCUT2D eigenvalue weighted by Gasteiger charge is -2.27. The molecule has 0 aliphatic carbocycles. The molecule has 2 rings (SSSR count). The average Bonchev–Trinajstić information content (AvgIpc) is 2.91. The van der Waals surface area contributed by atoms with Gasteiger partial charge in [0.15, 0.2) is 0 Å². The van der Waals surface area contributed by atoms with Crippen LogP contribution in [0.5, 0.6) is 5.88 Å². The van der Waals surface area contributed by atoms with Crippen LogP contribution in [0.15, 0.2) is 18.3 Å². The Labute approximate surface area is 141 Å². The summed E-state index contributed by atoms with van der Waals surface area (Å²) < 4.78 is 16.0. The Morgan fingerprint density at radius 3 is 2.54 bits per heavy atom. The van der Waals surface area contributed by atoms with E-state index in [0.29, 0.717) is 12.3 Å². The highest BCUT2D eigenvalue weighted by atomic mass is 16.6. The van der Waals surface area contributed by atoms with Crippen LogP contribution in [0.2, 0.25) is 0 Å². The minimum absolute atomic E-state index is 0.240. The van der Waals surface area contributed by atoms with Crippen LogP contribution in [0, 0.1) is 6.92 Å². The molecule has 7 heteroatoms. The first-order chi connectivity index (χ1) is 11.2. The maximum atomic E-state index is 12.4. The second-order valence-corrected chi connectivity index (χ2v) is 6.82. The number of esters is 1. The van der Waals surface area contributed by atoms with Gasteiger partial charge in [0.05, 0.1) is 13.7 Å². The molecule has 132 valence electrons. The van der Waals surface area contributed by atoms with Crippen LogP contribution >= 0.6 is 0 Å². The van der Waals surface area contributed by atoms with Gasteiger partial charge in [-0.1, -0.05) is 6.07 Å². The number of ether oxygens (including phenoxy) is 3. The second-order valence-electron chi connectivity index (χ2n) is 6.82. The van der Waals surface area contributed by atoms with Crippen molar-refractivity contribution in [3.63, 3.8) is 0 Å². The highest BCUT2D eigenvalue weighted by Gasteiger charge is 2.43. The summed E-state index contributed by atoms with van der Waals surface area (Å²) in [7, 11) is 1.30. The number of rotatable bonds is 3. The van der Waals surface area contributed by atoms with Crippen molar-refractivity contribution < 1.29 is 23.8 Å². The Bertz CT molecular complexity index is 594. The van der Waals surface area contributed by atoms with Gasteiger partial charge in [0.25, 0.3) is 0 Å². The third-order valence-electron chi connectivity index (χ3n) is 3.54. The van der Waals surface area contributed by atoms with Gasteiger partial charge in [0, 0.05) is 18.7 Å². The predicted molar refractivity (Wildman–Crippen MR) is 86.8 cm³/mol. The van der Waals surface area contributed by atoms with E-state index in [4.69, 9.17) is 14.2 Å². The van der Waals surface area contributed by atoms with Gasteiger partial charge in [-0.25, -0.2) is 14.6 Å². The number of carbonyl (C=O) groups is 2. The van der Waals surface area contributed by atoms with Crippen molar-refractivity contribution in [2.24, 2.45) is 0 Å². The number of aromatic nitrogens is 1. The van der Waals surface area contributed by atoms with Crippen molar-refractivity contribution in [3.05, 3.63) is 23.9 Å². The molecule has 2 heterocycles. The van der Waals surface area contributed by atoms with E-state index < -0.39 is 23.7 Å². The molecule has 1 aliphatic rings. The number of hydrogen-bond acceptors (Lipinski definition) is 6. The topological polar surface area (TPSA) is 78.0 Å². The molecular weight excluding hydrogens is 312 g/mol. The Hall–Kier alpha value is -2.31. The Balaban J connectivity index is 2.09. The summed E-state index contributed by atoms with van der Waals surface area (Å²) in [6.45, 7) is 7.50. The number of methoxy groups -OCH3 is 1. The Morgan fingerprint density at radius 2 is 2.00 bits per heavy atom. The molecule has 0 unspecified atom stereocenters. The van der Waals surface area contributed by atoms with Crippen LogP contribution in [0.3, 0.4) is 0 Å².